The second-order valence-electron chi connectivity index (χ2n) is 5.11. The lowest BCUT2D eigenvalue weighted by atomic mass is 9.87. The van der Waals surface area contributed by atoms with Crippen LogP contribution in [0.5, 0.6) is 0 Å². The standard InChI is InChI=1S/C11H20N4O2S/c1-11(2,10(12)13)5-4-6-15-8-9(7-14-15)18(3,16)17/h7-8H,4-6H2,1-3H3,(H3,12,13). The van der Waals surface area contributed by atoms with E-state index in [0.717, 1.165) is 19.1 Å². The molecule has 7 heteroatoms. The van der Waals surface area contributed by atoms with E-state index < -0.39 is 9.84 Å². The lowest BCUT2D eigenvalue weighted by Gasteiger charge is -2.22. The maximum Gasteiger partial charge on any atom is 0.178 e. The lowest BCUT2D eigenvalue weighted by molar-refractivity contribution is 0.419. The summed E-state index contributed by atoms with van der Waals surface area (Å²) in [7, 11) is -3.19. The van der Waals surface area contributed by atoms with Crippen molar-refractivity contribution in [3.05, 3.63) is 12.4 Å². The van der Waals surface area contributed by atoms with Crippen molar-refractivity contribution in [2.24, 2.45) is 11.1 Å². The zero-order chi connectivity index (χ0) is 14.0. The molecule has 0 unspecified atom stereocenters. The molecule has 3 N–H and O–H groups in total. The van der Waals surface area contributed by atoms with Crippen LogP contribution in [0.15, 0.2) is 17.3 Å². The van der Waals surface area contributed by atoms with Crippen LogP contribution in [0.2, 0.25) is 0 Å². The summed E-state index contributed by atoms with van der Waals surface area (Å²) in [5, 5.41) is 11.4. The first kappa shape index (κ1) is 14.7. The van der Waals surface area contributed by atoms with Gasteiger partial charge in [0.1, 0.15) is 4.90 Å². The summed E-state index contributed by atoms with van der Waals surface area (Å²) in [5.74, 6) is 0.166. The van der Waals surface area contributed by atoms with Gasteiger partial charge in [-0.3, -0.25) is 10.1 Å². The van der Waals surface area contributed by atoms with Crippen LogP contribution < -0.4 is 5.73 Å². The predicted octanol–water partition coefficient (Wildman–Crippen LogP) is 1.03. The highest BCUT2D eigenvalue weighted by atomic mass is 32.2. The van der Waals surface area contributed by atoms with Gasteiger partial charge in [0.15, 0.2) is 9.84 Å². The Labute approximate surface area is 108 Å². The highest BCUT2D eigenvalue weighted by Gasteiger charge is 2.20. The molecular weight excluding hydrogens is 252 g/mol. The maximum atomic E-state index is 11.3. The number of sulfone groups is 1. The number of aromatic nitrogens is 2. The Hall–Kier alpha value is -1.37. The first-order chi connectivity index (χ1) is 8.13. The molecule has 0 aromatic carbocycles. The van der Waals surface area contributed by atoms with Crippen LogP contribution in [0.25, 0.3) is 0 Å². The van der Waals surface area contributed by atoms with Gasteiger partial charge in [0.25, 0.3) is 0 Å². The SMILES string of the molecule is CC(C)(CCCn1cc(S(C)(=O)=O)cn1)C(=N)N. The molecule has 18 heavy (non-hydrogen) atoms. The first-order valence-corrected chi connectivity index (χ1v) is 7.59. The molecule has 0 amide bonds. The zero-order valence-electron chi connectivity index (χ0n) is 11.0. The maximum absolute atomic E-state index is 11.3. The van der Waals surface area contributed by atoms with Gasteiger partial charge in [0.2, 0.25) is 0 Å². The molecule has 0 bridgehead atoms. The van der Waals surface area contributed by atoms with E-state index >= 15 is 0 Å². The summed E-state index contributed by atoms with van der Waals surface area (Å²) in [6, 6.07) is 0. The average Bonchev–Trinajstić information content (AvgIpc) is 2.65. The fourth-order valence-electron chi connectivity index (χ4n) is 1.48. The second kappa shape index (κ2) is 5.09. The fraction of sp³-hybridized carbons (Fsp3) is 0.636. The number of rotatable bonds is 6. The van der Waals surface area contributed by atoms with Crippen molar-refractivity contribution < 1.29 is 8.42 Å². The van der Waals surface area contributed by atoms with Gasteiger partial charge in [0.05, 0.1) is 12.0 Å². The van der Waals surface area contributed by atoms with E-state index in [2.05, 4.69) is 5.10 Å². The molecule has 102 valence electrons. The van der Waals surface area contributed by atoms with Crippen molar-refractivity contribution in [2.75, 3.05) is 6.26 Å². The van der Waals surface area contributed by atoms with Crippen LogP contribution in [-0.2, 0) is 16.4 Å². The lowest BCUT2D eigenvalue weighted by Crippen LogP contribution is -2.30. The minimum atomic E-state index is -3.19. The van der Waals surface area contributed by atoms with Crippen molar-refractivity contribution in [1.29, 1.82) is 5.41 Å². The van der Waals surface area contributed by atoms with Crippen molar-refractivity contribution in [3.63, 3.8) is 0 Å². The van der Waals surface area contributed by atoms with Gasteiger partial charge in [0, 0.05) is 24.4 Å². The summed E-state index contributed by atoms with van der Waals surface area (Å²) in [6.07, 6.45) is 5.59. The molecule has 1 heterocycles. The third kappa shape index (κ3) is 3.83. The second-order valence-corrected chi connectivity index (χ2v) is 7.13. The van der Waals surface area contributed by atoms with E-state index in [9.17, 15) is 8.42 Å². The van der Waals surface area contributed by atoms with Crippen LogP contribution >= 0.6 is 0 Å². The Morgan fingerprint density at radius 2 is 2.17 bits per heavy atom. The molecule has 0 radical (unpaired) electrons. The third-order valence-electron chi connectivity index (χ3n) is 2.96. The Morgan fingerprint density at radius 1 is 1.56 bits per heavy atom. The van der Waals surface area contributed by atoms with Gasteiger partial charge in [-0.05, 0) is 12.8 Å². The smallest absolute Gasteiger partial charge is 0.178 e. The molecule has 1 aromatic heterocycles. The number of hydrogen-bond acceptors (Lipinski definition) is 4. The van der Waals surface area contributed by atoms with Crippen molar-refractivity contribution in [1.82, 2.24) is 9.78 Å². The Morgan fingerprint density at radius 3 is 2.61 bits per heavy atom. The van der Waals surface area contributed by atoms with Gasteiger partial charge in [-0.1, -0.05) is 13.8 Å². The summed E-state index contributed by atoms with van der Waals surface area (Å²) >= 11 is 0. The van der Waals surface area contributed by atoms with E-state index in [1.54, 1.807) is 4.68 Å². The molecule has 0 aliphatic rings. The van der Waals surface area contributed by atoms with Crippen LogP contribution in [0.1, 0.15) is 26.7 Å². The number of nitrogens with zero attached hydrogens (tertiary/aromatic N) is 2. The van der Waals surface area contributed by atoms with Gasteiger partial charge in [-0.15, -0.1) is 0 Å². The van der Waals surface area contributed by atoms with E-state index in [-0.39, 0.29) is 16.1 Å². The van der Waals surface area contributed by atoms with Crippen LogP contribution in [0.3, 0.4) is 0 Å². The first-order valence-electron chi connectivity index (χ1n) is 5.70. The summed E-state index contributed by atoms with van der Waals surface area (Å²) in [4.78, 5) is 0.230. The van der Waals surface area contributed by atoms with Crippen molar-refractivity contribution in [3.8, 4) is 0 Å². The van der Waals surface area contributed by atoms with Gasteiger partial charge in [-0.2, -0.15) is 5.10 Å². The molecule has 1 rings (SSSR count). The Kier molecular flexibility index (Phi) is 4.16. The molecule has 6 nitrogen and oxygen atoms in total. The van der Waals surface area contributed by atoms with E-state index in [1.807, 2.05) is 13.8 Å². The highest BCUT2D eigenvalue weighted by molar-refractivity contribution is 7.90. The molecule has 0 atom stereocenters. The quantitative estimate of drug-likeness (QED) is 0.596. The number of amidine groups is 1. The topological polar surface area (TPSA) is 102 Å². The van der Waals surface area contributed by atoms with Crippen molar-refractivity contribution >= 4 is 15.7 Å². The van der Waals surface area contributed by atoms with E-state index in [4.69, 9.17) is 11.1 Å². The van der Waals surface area contributed by atoms with Crippen LogP contribution in [0, 0.1) is 10.8 Å². The van der Waals surface area contributed by atoms with Gasteiger partial charge < -0.3 is 5.73 Å². The normalized spacial score (nSPS) is 12.6. The zero-order valence-corrected chi connectivity index (χ0v) is 11.8. The fourth-order valence-corrected chi connectivity index (χ4v) is 2.03. The number of nitrogens with two attached hydrogens (primary N) is 1. The molecule has 0 spiro atoms. The van der Waals surface area contributed by atoms with Crippen molar-refractivity contribution in [2.45, 2.75) is 38.1 Å². The Balaban J connectivity index is 2.56. The number of aryl methyl sites for hydroxylation is 1. The minimum absolute atomic E-state index is 0.166. The van der Waals surface area contributed by atoms with Gasteiger partial charge in [-0.25, -0.2) is 8.42 Å². The molecule has 0 saturated heterocycles. The molecule has 0 aliphatic heterocycles. The summed E-state index contributed by atoms with van der Waals surface area (Å²) in [6.45, 7) is 4.45. The third-order valence-corrected chi connectivity index (χ3v) is 4.02. The summed E-state index contributed by atoms with van der Waals surface area (Å²) in [5.41, 5.74) is 5.17. The number of hydrogen-bond donors (Lipinski definition) is 2. The van der Waals surface area contributed by atoms with Crippen LogP contribution in [-0.4, -0.2) is 30.3 Å². The van der Waals surface area contributed by atoms with Crippen LogP contribution in [0.4, 0.5) is 0 Å². The summed E-state index contributed by atoms with van der Waals surface area (Å²) < 4.78 is 24.1. The largest absolute Gasteiger partial charge is 0.387 e. The average molecular weight is 272 g/mol. The van der Waals surface area contributed by atoms with E-state index in [0.29, 0.717) is 6.54 Å². The monoisotopic (exact) mass is 272 g/mol. The molecule has 0 saturated carbocycles. The highest BCUT2D eigenvalue weighted by Crippen LogP contribution is 2.22. The molecule has 1 aromatic rings. The van der Waals surface area contributed by atoms with E-state index in [1.165, 1.54) is 12.4 Å². The number of nitrogens with one attached hydrogen (secondary N) is 1. The molecule has 0 fully saturated rings. The minimum Gasteiger partial charge on any atom is -0.387 e. The molecular formula is C11H20N4O2S. The Bertz CT molecular complexity index is 531. The van der Waals surface area contributed by atoms with Gasteiger partial charge >= 0.3 is 0 Å². The molecule has 0 aliphatic carbocycles. The predicted molar refractivity (Wildman–Crippen MR) is 70.3 cm³/mol.